The molecule has 3 atom stereocenters. The Morgan fingerprint density at radius 3 is 2.84 bits per heavy atom. The van der Waals surface area contributed by atoms with Crippen molar-refractivity contribution in [1.29, 1.82) is 0 Å². The largest absolute Gasteiger partial charge is 0.480 e. The first-order chi connectivity index (χ1) is 9.06. The molecular weight excluding hydrogens is 252 g/mol. The fourth-order valence-corrected chi connectivity index (χ4v) is 2.58. The molecule has 2 heterocycles. The van der Waals surface area contributed by atoms with Crippen LogP contribution in [0.3, 0.4) is 0 Å². The third-order valence-electron chi connectivity index (χ3n) is 3.56. The monoisotopic (exact) mass is 272 g/mol. The third kappa shape index (κ3) is 3.89. The molecule has 0 spiro atoms. The number of amides is 1. The number of carbonyl (C=O) groups excluding carboxylic acids is 1. The van der Waals surface area contributed by atoms with Crippen LogP contribution >= 0.6 is 0 Å². The molecule has 2 fully saturated rings. The number of carboxylic acids is 1. The van der Waals surface area contributed by atoms with E-state index in [-0.39, 0.29) is 31.5 Å². The van der Waals surface area contributed by atoms with Gasteiger partial charge in [0.1, 0.15) is 6.04 Å². The predicted molar refractivity (Wildman–Crippen MR) is 65.6 cm³/mol. The number of nitrogens with one attached hydrogen (secondary N) is 1. The van der Waals surface area contributed by atoms with Gasteiger partial charge in [-0.3, -0.25) is 14.5 Å². The molecule has 0 aliphatic carbocycles. The Balaban J connectivity index is 1.75. The van der Waals surface area contributed by atoms with Gasteiger partial charge in [0.15, 0.2) is 0 Å². The van der Waals surface area contributed by atoms with Crippen LogP contribution in [-0.2, 0) is 14.3 Å². The van der Waals surface area contributed by atoms with Gasteiger partial charge in [0.05, 0.1) is 18.8 Å². The summed E-state index contributed by atoms with van der Waals surface area (Å²) in [6.45, 7) is 1.43. The summed E-state index contributed by atoms with van der Waals surface area (Å²) in [5.74, 6) is -1.22. The van der Waals surface area contributed by atoms with Gasteiger partial charge in [-0.05, 0) is 12.8 Å². The van der Waals surface area contributed by atoms with E-state index in [9.17, 15) is 14.7 Å². The molecule has 19 heavy (non-hydrogen) atoms. The van der Waals surface area contributed by atoms with E-state index in [1.165, 1.54) is 4.90 Å². The Morgan fingerprint density at radius 1 is 1.42 bits per heavy atom. The van der Waals surface area contributed by atoms with E-state index in [0.29, 0.717) is 6.54 Å². The lowest BCUT2D eigenvalue weighted by Gasteiger charge is -2.20. The van der Waals surface area contributed by atoms with Gasteiger partial charge in [-0.1, -0.05) is 0 Å². The van der Waals surface area contributed by atoms with Gasteiger partial charge in [0.2, 0.25) is 5.91 Å². The summed E-state index contributed by atoms with van der Waals surface area (Å²) in [5, 5.41) is 21.2. The maximum atomic E-state index is 11.7. The van der Waals surface area contributed by atoms with Crippen LogP contribution in [0.5, 0.6) is 0 Å². The van der Waals surface area contributed by atoms with Gasteiger partial charge in [-0.15, -0.1) is 0 Å². The first-order valence-electron chi connectivity index (χ1n) is 6.59. The average Bonchev–Trinajstić information content (AvgIpc) is 2.96. The molecule has 2 saturated heterocycles. The van der Waals surface area contributed by atoms with Crippen LogP contribution in [0.25, 0.3) is 0 Å². The number of aliphatic carboxylic acids is 1. The minimum Gasteiger partial charge on any atom is -0.480 e. The number of aliphatic hydroxyl groups is 1. The quantitative estimate of drug-likeness (QED) is 0.581. The molecule has 2 aliphatic rings. The molecule has 7 nitrogen and oxygen atoms in total. The highest BCUT2D eigenvalue weighted by Gasteiger charge is 2.36. The molecule has 0 radical (unpaired) electrons. The first-order valence-corrected chi connectivity index (χ1v) is 6.59. The molecule has 0 bridgehead atoms. The molecular formula is C12H20N2O5. The van der Waals surface area contributed by atoms with Crippen LogP contribution in [-0.4, -0.2) is 71.5 Å². The Hall–Kier alpha value is -1.18. The zero-order chi connectivity index (χ0) is 13.8. The van der Waals surface area contributed by atoms with E-state index in [4.69, 9.17) is 9.84 Å². The fourth-order valence-electron chi connectivity index (χ4n) is 2.58. The SMILES string of the molecule is O=C(CN1CC(O)CC1C(=O)O)NCC1CCCO1. The lowest BCUT2D eigenvalue weighted by molar-refractivity contribution is -0.142. The van der Waals surface area contributed by atoms with Gasteiger partial charge in [-0.2, -0.15) is 0 Å². The second kappa shape index (κ2) is 6.31. The molecule has 3 unspecified atom stereocenters. The lowest BCUT2D eigenvalue weighted by Crippen LogP contribution is -2.44. The summed E-state index contributed by atoms with van der Waals surface area (Å²) in [6, 6.07) is -0.775. The summed E-state index contributed by atoms with van der Waals surface area (Å²) >= 11 is 0. The van der Waals surface area contributed by atoms with E-state index in [0.717, 1.165) is 19.4 Å². The number of aliphatic hydroxyl groups excluding tert-OH is 1. The molecule has 0 aromatic rings. The molecule has 1 amide bonds. The minimum absolute atomic E-state index is 0.000741. The van der Waals surface area contributed by atoms with Crippen molar-refractivity contribution in [1.82, 2.24) is 10.2 Å². The zero-order valence-corrected chi connectivity index (χ0v) is 10.7. The van der Waals surface area contributed by atoms with Gasteiger partial charge in [-0.25, -0.2) is 0 Å². The molecule has 3 N–H and O–H groups in total. The van der Waals surface area contributed by atoms with Crippen molar-refractivity contribution in [2.24, 2.45) is 0 Å². The molecule has 108 valence electrons. The second-order valence-electron chi connectivity index (χ2n) is 5.11. The Morgan fingerprint density at radius 2 is 2.21 bits per heavy atom. The number of ether oxygens (including phenoxy) is 1. The van der Waals surface area contributed by atoms with E-state index < -0.39 is 18.1 Å². The summed E-state index contributed by atoms with van der Waals surface area (Å²) in [7, 11) is 0. The number of carboxylic acid groups (broad SMARTS) is 1. The molecule has 0 saturated carbocycles. The summed E-state index contributed by atoms with van der Waals surface area (Å²) in [5.41, 5.74) is 0. The maximum Gasteiger partial charge on any atom is 0.321 e. The molecule has 0 aromatic carbocycles. The van der Waals surface area contributed by atoms with Gasteiger partial charge in [0, 0.05) is 26.1 Å². The van der Waals surface area contributed by atoms with Gasteiger partial charge < -0.3 is 20.3 Å². The summed E-state index contributed by atoms with van der Waals surface area (Å²) in [4.78, 5) is 24.2. The van der Waals surface area contributed by atoms with Crippen molar-refractivity contribution in [3.63, 3.8) is 0 Å². The number of hydrogen-bond acceptors (Lipinski definition) is 5. The van der Waals surface area contributed by atoms with E-state index in [1.54, 1.807) is 0 Å². The second-order valence-corrected chi connectivity index (χ2v) is 5.11. The number of hydrogen-bond donors (Lipinski definition) is 3. The van der Waals surface area contributed by atoms with Crippen LogP contribution in [0.15, 0.2) is 0 Å². The number of carbonyl (C=O) groups is 2. The number of likely N-dealkylation sites (tertiary alicyclic amines) is 1. The van der Waals surface area contributed by atoms with E-state index in [1.807, 2.05) is 0 Å². The molecule has 0 aromatic heterocycles. The van der Waals surface area contributed by atoms with Crippen molar-refractivity contribution in [3.05, 3.63) is 0 Å². The summed E-state index contributed by atoms with van der Waals surface area (Å²) < 4.78 is 5.39. The Bertz CT molecular complexity index is 343. The minimum atomic E-state index is -0.997. The zero-order valence-electron chi connectivity index (χ0n) is 10.7. The van der Waals surface area contributed by atoms with Crippen molar-refractivity contribution in [2.75, 3.05) is 26.2 Å². The number of nitrogens with zero attached hydrogens (tertiary/aromatic N) is 1. The average molecular weight is 272 g/mol. The van der Waals surface area contributed by atoms with E-state index in [2.05, 4.69) is 5.32 Å². The van der Waals surface area contributed by atoms with E-state index >= 15 is 0 Å². The van der Waals surface area contributed by atoms with Crippen LogP contribution in [0.4, 0.5) is 0 Å². The Kier molecular flexibility index (Phi) is 4.73. The third-order valence-corrected chi connectivity index (χ3v) is 3.56. The highest BCUT2D eigenvalue weighted by atomic mass is 16.5. The van der Waals surface area contributed by atoms with Crippen LogP contribution < -0.4 is 5.32 Å². The normalized spacial score (nSPS) is 31.5. The molecule has 2 rings (SSSR count). The number of β-amino-alcohol motifs (C(OH)–C–C–N with tert-alkyl or cyclic N) is 1. The lowest BCUT2D eigenvalue weighted by atomic mass is 10.2. The highest BCUT2D eigenvalue weighted by molar-refractivity contribution is 5.80. The summed E-state index contributed by atoms with van der Waals surface area (Å²) in [6.07, 6.45) is 1.53. The van der Waals surface area contributed by atoms with Crippen molar-refractivity contribution in [2.45, 2.75) is 37.5 Å². The van der Waals surface area contributed by atoms with Crippen molar-refractivity contribution >= 4 is 11.9 Å². The van der Waals surface area contributed by atoms with Crippen LogP contribution in [0.1, 0.15) is 19.3 Å². The van der Waals surface area contributed by atoms with Crippen LogP contribution in [0, 0.1) is 0 Å². The Labute approximate surface area is 111 Å². The molecule has 2 aliphatic heterocycles. The topological polar surface area (TPSA) is 99.1 Å². The smallest absolute Gasteiger partial charge is 0.321 e. The highest BCUT2D eigenvalue weighted by Crippen LogP contribution is 2.17. The van der Waals surface area contributed by atoms with Crippen molar-refractivity contribution < 1.29 is 24.5 Å². The first kappa shape index (κ1) is 14.2. The number of rotatable bonds is 5. The van der Waals surface area contributed by atoms with Gasteiger partial charge >= 0.3 is 5.97 Å². The molecule has 7 heteroatoms. The predicted octanol–water partition coefficient (Wildman–Crippen LogP) is -1.20. The standard InChI is InChI=1S/C12H20N2O5/c15-8-4-10(12(17)18)14(6-8)7-11(16)13-5-9-2-1-3-19-9/h8-10,15H,1-7H2,(H,13,16)(H,17,18). The van der Waals surface area contributed by atoms with Crippen LogP contribution in [0.2, 0.25) is 0 Å². The van der Waals surface area contributed by atoms with Crippen molar-refractivity contribution in [3.8, 4) is 0 Å². The van der Waals surface area contributed by atoms with Gasteiger partial charge in [0.25, 0.3) is 0 Å². The fraction of sp³-hybridized carbons (Fsp3) is 0.833. The maximum absolute atomic E-state index is 11.7.